The molecule has 3 nitrogen and oxygen atoms in total. The van der Waals surface area contributed by atoms with Crippen LogP contribution in [0.3, 0.4) is 0 Å². The monoisotopic (exact) mass is 410 g/mol. The molecule has 1 saturated carbocycles. The van der Waals surface area contributed by atoms with Crippen molar-refractivity contribution in [3.63, 3.8) is 0 Å². The van der Waals surface area contributed by atoms with Crippen LogP contribution in [0.25, 0.3) is 6.08 Å². The summed E-state index contributed by atoms with van der Waals surface area (Å²) < 4.78 is 0. The van der Waals surface area contributed by atoms with Gasteiger partial charge in [0.2, 0.25) is 0 Å². The molecule has 144 valence electrons. The minimum Gasteiger partial charge on any atom is -0.283 e. The number of carbonyl (C=O) groups excluding carboxylic acids is 1. The van der Waals surface area contributed by atoms with Crippen LogP contribution in [-0.4, -0.2) is 22.0 Å². The van der Waals surface area contributed by atoms with Crippen molar-refractivity contribution in [1.29, 1.82) is 0 Å². The van der Waals surface area contributed by atoms with Crippen molar-refractivity contribution in [3.05, 3.63) is 70.1 Å². The van der Waals surface area contributed by atoms with Crippen LogP contribution in [0.5, 0.6) is 0 Å². The maximum absolute atomic E-state index is 13.4. The van der Waals surface area contributed by atoms with E-state index in [2.05, 4.69) is 6.92 Å². The molecule has 0 spiro atoms. The summed E-state index contributed by atoms with van der Waals surface area (Å²) in [7, 11) is 0. The molecular weight excluding hydrogens is 388 g/mol. The molecule has 5 heteroatoms. The van der Waals surface area contributed by atoms with Crippen LogP contribution in [0, 0.1) is 5.92 Å². The maximum atomic E-state index is 13.4. The molecule has 2 atom stereocenters. The minimum absolute atomic E-state index is 0.0401. The van der Waals surface area contributed by atoms with E-state index in [-0.39, 0.29) is 11.9 Å². The van der Waals surface area contributed by atoms with E-state index in [0.29, 0.717) is 15.8 Å². The first-order valence-corrected chi connectivity index (χ1v) is 10.9. The molecule has 1 saturated heterocycles. The van der Waals surface area contributed by atoms with Crippen LogP contribution in [0.4, 0.5) is 5.69 Å². The number of carbonyl (C=O) groups is 1. The van der Waals surface area contributed by atoms with E-state index in [4.69, 9.17) is 16.6 Å². The zero-order valence-electron chi connectivity index (χ0n) is 15.8. The summed E-state index contributed by atoms with van der Waals surface area (Å²) in [5.74, 6) is 0.511. The molecule has 1 amide bonds. The average Bonchev–Trinajstić information content (AvgIpc) is 3.00. The predicted octanol–water partition coefficient (Wildman–Crippen LogP) is 6.52. The second-order valence-corrected chi connectivity index (χ2v) is 8.78. The highest BCUT2D eigenvalue weighted by Gasteiger charge is 2.41. The molecule has 0 bridgehead atoms. The lowest BCUT2D eigenvalue weighted by molar-refractivity contribution is -0.124. The van der Waals surface area contributed by atoms with Crippen molar-refractivity contribution in [2.75, 3.05) is 0 Å². The number of benzene rings is 2. The Morgan fingerprint density at radius 2 is 1.79 bits per heavy atom. The molecule has 2 aliphatic rings. The van der Waals surface area contributed by atoms with E-state index < -0.39 is 0 Å². The Morgan fingerprint density at radius 3 is 2.54 bits per heavy atom. The van der Waals surface area contributed by atoms with E-state index in [9.17, 15) is 4.79 Å². The van der Waals surface area contributed by atoms with E-state index in [0.717, 1.165) is 35.7 Å². The summed E-state index contributed by atoms with van der Waals surface area (Å²) >= 11 is 7.77. The Kier molecular flexibility index (Phi) is 5.88. The molecule has 0 N–H and O–H groups in total. The molecule has 28 heavy (non-hydrogen) atoms. The van der Waals surface area contributed by atoms with Crippen LogP contribution in [-0.2, 0) is 4.79 Å². The standard InChI is InChI=1S/C23H23ClN2OS/c1-16-9-5-8-14-20(16)26-22(27)21(15-17-10-6-7-13-19(17)24)28-23(26)25-18-11-3-2-4-12-18/h2-4,6-7,10-13,15-16,20H,5,8-9,14H2,1H3/b21-15-,25-23?/t16-,20-/m1/s1. The molecule has 1 aliphatic heterocycles. The number of rotatable bonds is 3. The molecule has 2 aromatic rings. The van der Waals surface area contributed by atoms with Gasteiger partial charge in [-0.15, -0.1) is 0 Å². The molecular formula is C23H23ClN2OS. The summed E-state index contributed by atoms with van der Waals surface area (Å²) in [5, 5.41) is 1.42. The van der Waals surface area contributed by atoms with Crippen molar-refractivity contribution in [1.82, 2.24) is 4.90 Å². The number of amides is 1. The fraction of sp³-hybridized carbons (Fsp3) is 0.304. The van der Waals surface area contributed by atoms with Gasteiger partial charge < -0.3 is 0 Å². The fourth-order valence-electron chi connectivity index (χ4n) is 3.88. The lowest BCUT2D eigenvalue weighted by Crippen LogP contribution is -2.44. The van der Waals surface area contributed by atoms with Gasteiger partial charge in [0, 0.05) is 11.1 Å². The number of halogens is 1. The molecule has 2 aromatic carbocycles. The van der Waals surface area contributed by atoms with Gasteiger partial charge in [-0.05, 0) is 60.4 Å². The van der Waals surface area contributed by atoms with Gasteiger partial charge in [0.1, 0.15) is 0 Å². The van der Waals surface area contributed by atoms with Gasteiger partial charge in [-0.2, -0.15) is 0 Å². The van der Waals surface area contributed by atoms with Crippen LogP contribution in [0.15, 0.2) is 64.5 Å². The van der Waals surface area contributed by atoms with Gasteiger partial charge in [0.25, 0.3) is 5.91 Å². The normalized spacial score (nSPS) is 25.6. The first-order valence-electron chi connectivity index (χ1n) is 9.75. The van der Waals surface area contributed by atoms with E-state index in [1.54, 1.807) is 0 Å². The number of hydrogen-bond acceptors (Lipinski definition) is 3. The smallest absolute Gasteiger partial charge is 0.267 e. The summed E-state index contributed by atoms with van der Waals surface area (Å²) in [6.07, 6.45) is 6.47. The van der Waals surface area contributed by atoms with Crippen molar-refractivity contribution in [3.8, 4) is 0 Å². The Morgan fingerprint density at radius 1 is 1.07 bits per heavy atom. The molecule has 2 fully saturated rings. The highest BCUT2D eigenvalue weighted by atomic mass is 35.5. The third-order valence-electron chi connectivity index (χ3n) is 5.41. The minimum atomic E-state index is 0.0401. The molecule has 4 rings (SSSR count). The van der Waals surface area contributed by atoms with Gasteiger partial charge in [-0.3, -0.25) is 9.69 Å². The topological polar surface area (TPSA) is 32.7 Å². The van der Waals surface area contributed by atoms with Crippen LogP contribution in [0.1, 0.15) is 38.2 Å². The van der Waals surface area contributed by atoms with Crippen molar-refractivity contribution in [2.24, 2.45) is 10.9 Å². The Bertz CT molecular complexity index is 925. The number of para-hydroxylation sites is 1. The number of hydrogen-bond donors (Lipinski definition) is 0. The third-order valence-corrected chi connectivity index (χ3v) is 6.73. The summed E-state index contributed by atoms with van der Waals surface area (Å²) in [6, 6.07) is 17.7. The third kappa shape index (κ3) is 4.03. The highest BCUT2D eigenvalue weighted by molar-refractivity contribution is 8.18. The van der Waals surface area contributed by atoms with Gasteiger partial charge in [-0.1, -0.05) is 67.8 Å². The van der Waals surface area contributed by atoms with Gasteiger partial charge in [0.05, 0.1) is 10.6 Å². The first kappa shape index (κ1) is 19.3. The Labute approximate surface area is 175 Å². The highest BCUT2D eigenvalue weighted by Crippen LogP contribution is 2.40. The SMILES string of the molecule is C[C@@H]1CCCC[C@H]1N1C(=O)/C(=C/c2ccccc2Cl)SC1=Nc1ccccc1. The fourth-order valence-corrected chi connectivity index (χ4v) is 5.11. The van der Waals surface area contributed by atoms with Gasteiger partial charge in [0.15, 0.2) is 5.17 Å². The Hall–Kier alpha value is -2.04. The number of thioether (sulfide) groups is 1. The second kappa shape index (κ2) is 8.54. The molecule has 1 aliphatic carbocycles. The van der Waals surface area contributed by atoms with Crippen molar-refractivity contribution in [2.45, 2.75) is 38.6 Å². The predicted molar refractivity (Wildman–Crippen MR) is 119 cm³/mol. The zero-order valence-corrected chi connectivity index (χ0v) is 17.4. The van der Waals surface area contributed by atoms with E-state index in [1.165, 1.54) is 18.2 Å². The van der Waals surface area contributed by atoms with E-state index in [1.807, 2.05) is 65.6 Å². The summed E-state index contributed by atoms with van der Waals surface area (Å²) in [4.78, 5) is 20.8. The van der Waals surface area contributed by atoms with Crippen molar-refractivity contribution < 1.29 is 4.79 Å². The number of aliphatic imine (C=N–C) groups is 1. The second-order valence-electron chi connectivity index (χ2n) is 7.37. The van der Waals surface area contributed by atoms with Crippen LogP contribution < -0.4 is 0 Å². The maximum Gasteiger partial charge on any atom is 0.267 e. The average molecular weight is 411 g/mol. The van der Waals surface area contributed by atoms with E-state index >= 15 is 0 Å². The van der Waals surface area contributed by atoms with Crippen LogP contribution in [0.2, 0.25) is 5.02 Å². The molecule has 0 radical (unpaired) electrons. The number of nitrogens with zero attached hydrogens (tertiary/aromatic N) is 2. The summed E-state index contributed by atoms with van der Waals surface area (Å²) in [5.41, 5.74) is 1.72. The largest absolute Gasteiger partial charge is 0.283 e. The molecule has 0 aromatic heterocycles. The quantitative estimate of drug-likeness (QED) is 0.539. The van der Waals surface area contributed by atoms with Gasteiger partial charge >= 0.3 is 0 Å². The number of amidine groups is 1. The zero-order chi connectivity index (χ0) is 19.5. The lowest BCUT2D eigenvalue weighted by Gasteiger charge is -2.35. The molecule has 0 unspecified atom stereocenters. The Balaban J connectivity index is 1.73. The first-order chi connectivity index (χ1) is 13.6. The van der Waals surface area contributed by atoms with Crippen LogP contribution >= 0.6 is 23.4 Å². The lowest BCUT2D eigenvalue weighted by atomic mass is 9.85. The summed E-state index contributed by atoms with van der Waals surface area (Å²) in [6.45, 7) is 2.25. The van der Waals surface area contributed by atoms with Gasteiger partial charge in [-0.25, -0.2) is 4.99 Å². The molecule has 1 heterocycles. The van der Waals surface area contributed by atoms with Crippen molar-refractivity contribution >= 4 is 46.2 Å².